The number of amides is 2. The van der Waals surface area contributed by atoms with Crippen molar-refractivity contribution >= 4 is 11.8 Å². The average molecular weight is 320 g/mol. The number of aliphatic hydroxyl groups excluding tert-OH is 1. The first kappa shape index (κ1) is 16.1. The van der Waals surface area contributed by atoms with E-state index in [0.717, 1.165) is 25.1 Å². The number of hydrogen-bond acceptors (Lipinski definition) is 4. The Hall–Kier alpha value is -1.82. The second kappa shape index (κ2) is 6.74. The summed E-state index contributed by atoms with van der Waals surface area (Å²) >= 11 is 0. The van der Waals surface area contributed by atoms with Gasteiger partial charge in [0.15, 0.2) is 0 Å². The molecular weight excluding hydrogens is 296 g/mol. The van der Waals surface area contributed by atoms with Crippen LogP contribution in [0.25, 0.3) is 0 Å². The summed E-state index contributed by atoms with van der Waals surface area (Å²) < 4.78 is 5.28. The first-order valence-corrected chi connectivity index (χ1v) is 8.33. The Balaban J connectivity index is 1.61. The minimum absolute atomic E-state index is 0.00558. The molecule has 1 aromatic rings. The molecule has 2 aliphatic heterocycles. The molecule has 6 nitrogen and oxygen atoms in total. The molecule has 2 aliphatic rings. The Bertz CT molecular complexity index is 555. The number of likely N-dealkylation sites (tertiary alicyclic amines) is 2. The van der Waals surface area contributed by atoms with Crippen molar-refractivity contribution in [2.75, 3.05) is 13.1 Å². The Labute approximate surface area is 136 Å². The molecule has 126 valence electrons. The van der Waals surface area contributed by atoms with Crippen LogP contribution in [0.2, 0.25) is 0 Å². The van der Waals surface area contributed by atoms with Gasteiger partial charge < -0.3 is 19.3 Å². The molecule has 2 saturated heterocycles. The van der Waals surface area contributed by atoms with Crippen LogP contribution in [-0.2, 0) is 16.1 Å². The largest absolute Gasteiger partial charge is 0.467 e. The van der Waals surface area contributed by atoms with Gasteiger partial charge >= 0.3 is 0 Å². The number of hydrogen-bond donors (Lipinski definition) is 1. The third-order valence-corrected chi connectivity index (χ3v) is 4.76. The highest BCUT2D eigenvalue weighted by molar-refractivity contribution is 5.89. The van der Waals surface area contributed by atoms with Crippen molar-refractivity contribution in [2.45, 2.75) is 51.3 Å². The number of aliphatic hydroxyl groups is 1. The molecule has 0 aliphatic carbocycles. The van der Waals surface area contributed by atoms with E-state index in [9.17, 15) is 14.7 Å². The van der Waals surface area contributed by atoms with E-state index in [1.807, 2.05) is 11.0 Å². The van der Waals surface area contributed by atoms with E-state index in [0.29, 0.717) is 19.5 Å². The highest BCUT2D eigenvalue weighted by atomic mass is 16.3. The van der Waals surface area contributed by atoms with Crippen LogP contribution in [0.3, 0.4) is 0 Å². The number of rotatable bonds is 5. The van der Waals surface area contributed by atoms with Gasteiger partial charge in [0.05, 0.1) is 24.8 Å². The highest BCUT2D eigenvalue weighted by Gasteiger charge is 2.40. The molecule has 0 saturated carbocycles. The average Bonchev–Trinajstić information content (AvgIpc) is 3.21. The van der Waals surface area contributed by atoms with Gasteiger partial charge in [0.25, 0.3) is 0 Å². The zero-order valence-corrected chi connectivity index (χ0v) is 13.5. The van der Waals surface area contributed by atoms with Crippen LogP contribution in [0.15, 0.2) is 22.8 Å². The minimum atomic E-state index is -0.408. The van der Waals surface area contributed by atoms with Gasteiger partial charge in [0.1, 0.15) is 5.76 Å². The Morgan fingerprint density at radius 1 is 1.52 bits per heavy atom. The van der Waals surface area contributed by atoms with Gasteiger partial charge in [-0.05, 0) is 38.3 Å². The first-order chi connectivity index (χ1) is 11.0. The van der Waals surface area contributed by atoms with Crippen LogP contribution in [0.5, 0.6) is 0 Å². The third kappa shape index (κ3) is 3.58. The summed E-state index contributed by atoms with van der Waals surface area (Å²) in [6, 6.07) is 3.74. The summed E-state index contributed by atoms with van der Waals surface area (Å²) in [7, 11) is 0. The van der Waals surface area contributed by atoms with Gasteiger partial charge in [-0.2, -0.15) is 0 Å². The first-order valence-electron chi connectivity index (χ1n) is 8.33. The summed E-state index contributed by atoms with van der Waals surface area (Å²) in [5.74, 6) is 0.529. The molecule has 2 fully saturated rings. The standard InChI is InChI=1S/C17H24N2O4/c1-12(20)8-14-4-2-6-19(14)17(22)13-9-16(21)18(10-13)11-15-5-3-7-23-15/h3,5,7,12-14,20H,2,4,6,8-11H2,1H3. The maximum Gasteiger partial charge on any atom is 0.228 e. The predicted octanol–water partition coefficient (Wildman–Crippen LogP) is 1.39. The Kier molecular flexibility index (Phi) is 4.71. The van der Waals surface area contributed by atoms with E-state index in [1.54, 1.807) is 24.2 Å². The molecule has 3 rings (SSSR count). The van der Waals surface area contributed by atoms with Crippen molar-refractivity contribution in [3.63, 3.8) is 0 Å². The summed E-state index contributed by atoms with van der Waals surface area (Å²) in [4.78, 5) is 28.5. The smallest absolute Gasteiger partial charge is 0.228 e. The second-order valence-corrected chi connectivity index (χ2v) is 6.67. The van der Waals surface area contributed by atoms with Crippen LogP contribution >= 0.6 is 0 Å². The molecule has 3 heterocycles. The fraction of sp³-hybridized carbons (Fsp3) is 0.647. The van der Waals surface area contributed by atoms with Crippen molar-refractivity contribution in [1.29, 1.82) is 0 Å². The molecule has 0 radical (unpaired) electrons. The summed E-state index contributed by atoms with van der Waals surface area (Å²) in [5.41, 5.74) is 0. The maximum absolute atomic E-state index is 12.8. The Morgan fingerprint density at radius 3 is 3.04 bits per heavy atom. The lowest BCUT2D eigenvalue weighted by Gasteiger charge is -2.28. The molecule has 2 amide bonds. The minimum Gasteiger partial charge on any atom is -0.467 e. The van der Waals surface area contributed by atoms with Crippen molar-refractivity contribution in [3.8, 4) is 0 Å². The quantitative estimate of drug-likeness (QED) is 0.890. The number of carbonyl (C=O) groups is 2. The van der Waals surface area contributed by atoms with Gasteiger partial charge in [-0.15, -0.1) is 0 Å². The molecule has 3 unspecified atom stereocenters. The zero-order valence-electron chi connectivity index (χ0n) is 13.5. The monoisotopic (exact) mass is 320 g/mol. The third-order valence-electron chi connectivity index (χ3n) is 4.76. The van der Waals surface area contributed by atoms with Gasteiger partial charge in [-0.25, -0.2) is 0 Å². The van der Waals surface area contributed by atoms with E-state index in [4.69, 9.17) is 4.42 Å². The number of carbonyl (C=O) groups excluding carboxylic acids is 2. The fourth-order valence-corrected chi connectivity index (χ4v) is 3.68. The molecule has 0 bridgehead atoms. The van der Waals surface area contributed by atoms with Crippen molar-refractivity contribution in [2.24, 2.45) is 5.92 Å². The molecule has 1 N–H and O–H groups in total. The molecule has 1 aromatic heterocycles. The maximum atomic E-state index is 12.8. The van der Waals surface area contributed by atoms with Gasteiger partial charge in [-0.1, -0.05) is 0 Å². The SMILES string of the molecule is CC(O)CC1CCCN1C(=O)C1CC(=O)N(Cc2ccco2)C1. The lowest BCUT2D eigenvalue weighted by molar-refractivity contribution is -0.137. The molecule has 6 heteroatoms. The second-order valence-electron chi connectivity index (χ2n) is 6.67. The van der Waals surface area contributed by atoms with Gasteiger partial charge in [-0.3, -0.25) is 9.59 Å². The van der Waals surface area contributed by atoms with E-state index in [1.165, 1.54) is 0 Å². The van der Waals surface area contributed by atoms with Gasteiger partial charge in [0.2, 0.25) is 11.8 Å². The van der Waals surface area contributed by atoms with Crippen LogP contribution in [-0.4, -0.2) is 52.0 Å². The topological polar surface area (TPSA) is 74.0 Å². The van der Waals surface area contributed by atoms with Crippen LogP contribution in [0, 0.1) is 5.92 Å². The van der Waals surface area contributed by atoms with E-state index in [-0.39, 0.29) is 30.2 Å². The molecule has 3 atom stereocenters. The number of nitrogens with zero attached hydrogens (tertiary/aromatic N) is 2. The molecule has 0 aromatic carbocycles. The summed E-state index contributed by atoms with van der Waals surface area (Å²) in [6.07, 6.45) is 3.98. The molecule has 0 spiro atoms. The fourth-order valence-electron chi connectivity index (χ4n) is 3.68. The van der Waals surface area contributed by atoms with Crippen molar-refractivity contribution in [1.82, 2.24) is 9.80 Å². The van der Waals surface area contributed by atoms with Gasteiger partial charge in [0, 0.05) is 25.6 Å². The molecular formula is C17H24N2O4. The summed E-state index contributed by atoms with van der Waals surface area (Å²) in [5, 5.41) is 9.59. The van der Waals surface area contributed by atoms with E-state index in [2.05, 4.69) is 0 Å². The van der Waals surface area contributed by atoms with Crippen LogP contribution in [0.4, 0.5) is 0 Å². The molecule has 23 heavy (non-hydrogen) atoms. The van der Waals surface area contributed by atoms with Crippen LogP contribution < -0.4 is 0 Å². The lowest BCUT2D eigenvalue weighted by atomic mass is 10.0. The lowest BCUT2D eigenvalue weighted by Crippen LogP contribution is -2.41. The Morgan fingerprint density at radius 2 is 2.35 bits per heavy atom. The normalized spacial score (nSPS) is 26.1. The van der Waals surface area contributed by atoms with Crippen molar-refractivity contribution in [3.05, 3.63) is 24.2 Å². The highest BCUT2D eigenvalue weighted by Crippen LogP contribution is 2.28. The number of furan rings is 1. The zero-order chi connectivity index (χ0) is 16.4. The predicted molar refractivity (Wildman–Crippen MR) is 83.3 cm³/mol. The van der Waals surface area contributed by atoms with Crippen molar-refractivity contribution < 1.29 is 19.1 Å². The summed E-state index contributed by atoms with van der Waals surface area (Å²) in [6.45, 7) is 3.37. The van der Waals surface area contributed by atoms with Crippen LogP contribution in [0.1, 0.15) is 38.4 Å². The van der Waals surface area contributed by atoms with E-state index < -0.39 is 6.10 Å². The van der Waals surface area contributed by atoms with E-state index >= 15 is 0 Å².